The zero-order chi connectivity index (χ0) is 15.3. The van der Waals surface area contributed by atoms with E-state index in [1.165, 1.54) is 25.1 Å². The Morgan fingerprint density at radius 3 is 2.57 bits per heavy atom. The first-order chi connectivity index (χ1) is 9.99. The van der Waals surface area contributed by atoms with Crippen molar-refractivity contribution in [2.75, 3.05) is 5.75 Å². The van der Waals surface area contributed by atoms with Crippen molar-refractivity contribution in [2.24, 2.45) is 0 Å². The average Bonchev–Trinajstić information content (AvgIpc) is 2.66. The van der Waals surface area contributed by atoms with Crippen LogP contribution in [-0.4, -0.2) is 31.1 Å². The van der Waals surface area contributed by atoms with Gasteiger partial charge in [-0.15, -0.1) is 0 Å². The first kappa shape index (κ1) is 16.2. The van der Waals surface area contributed by atoms with Gasteiger partial charge in [0.2, 0.25) is 15.7 Å². The van der Waals surface area contributed by atoms with E-state index < -0.39 is 21.5 Å². The molecule has 21 heavy (non-hydrogen) atoms. The van der Waals surface area contributed by atoms with Crippen molar-refractivity contribution in [3.8, 4) is 0 Å². The van der Waals surface area contributed by atoms with Crippen LogP contribution in [0.1, 0.15) is 38.5 Å². The van der Waals surface area contributed by atoms with Crippen LogP contribution in [0.5, 0.6) is 0 Å². The van der Waals surface area contributed by atoms with Gasteiger partial charge in [-0.2, -0.15) is 0 Å². The summed E-state index contributed by atoms with van der Waals surface area (Å²) >= 11 is 5.83. The standard InChI is InChI=1S/C14H19ClN2O3S/c15-12-8-5-9-16-14(12)21(19,20)10-13(18)17-11-6-3-1-2-4-7-11/h5,8-9,11H,1-4,6-7,10H2,(H,17,18). The monoisotopic (exact) mass is 330 g/mol. The minimum Gasteiger partial charge on any atom is -0.352 e. The van der Waals surface area contributed by atoms with Gasteiger partial charge in [0.25, 0.3) is 0 Å². The van der Waals surface area contributed by atoms with Gasteiger partial charge >= 0.3 is 0 Å². The summed E-state index contributed by atoms with van der Waals surface area (Å²) in [5.41, 5.74) is 0. The Balaban J connectivity index is 2.00. The molecular weight excluding hydrogens is 312 g/mol. The minimum atomic E-state index is -3.81. The number of nitrogens with zero attached hydrogens (tertiary/aromatic N) is 1. The second-order valence-electron chi connectivity index (χ2n) is 5.31. The fraction of sp³-hybridized carbons (Fsp3) is 0.571. The van der Waals surface area contributed by atoms with E-state index in [9.17, 15) is 13.2 Å². The molecule has 0 spiro atoms. The molecule has 116 valence electrons. The van der Waals surface area contributed by atoms with Crippen LogP contribution in [0.15, 0.2) is 23.4 Å². The maximum atomic E-state index is 12.2. The van der Waals surface area contributed by atoms with Gasteiger partial charge < -0.3 is 5.32 Å². The molecule has 0 saturated heterocycles. The molecule has 0 unspecified atom stereocenters. The second kappa shape index (κ2) is 7.22. The number of hydrogen-bond donors (Lipinski definition) is 1. The Kier molecular flexibility index (Phi) is 5.58. The number of carbonyl (C=O) groups is 1. The lowest BCUT2D eigenvalue weighted by Gasteiger charge is -2.16. The number of aromatic nitrogens is 1. The van der Waals surface area contributed by atoms with E-state index in [1.807, 2.05) is 0 Å². The summed E-state index contributed by atoms with van der Waals surface area (Å²) < 4.78 is 24.3. The van der Waals surface area contributed by atoms with Crippen molar-refractivity contribution in [3.05, 3.63) is 23.4 Å². The van der Waals surface area contributed by atoms with E-state index in [0.717, 1.165) is 25.7 Å². The van der Waals surface area contributed by atoms with Crippen LogP contribution >= 0.6 is 11.6 Å². The van der Waals surface area contributed by atoms with Crippen molar-refractivity contribution < 1.29 is 13.2 Å². The third kappa shape index (κ3) is 4.68. The lowest BCUT2D eigenvalue weighted by atomic mass is 10.1. The van der Waals surface area contributed by atoms with Crippen molar-refractivity contribution in [3.63, 3.8) is 0 Å². The number of nitrogens with one attached hydrogen (secondary N) is 1. The molecule has 1 N–H and O–H groups in total. The topological polar surface area (TPSA) is 76.1 Å². The Bertz CT molecular complexity index is 596. The van der Waals surface area contributed by atoms with E-state index in [4.69, 9.17) is 11.6 Å². The highest BCUT2D eigenvalue weighted by molar-refractivity contribution is 7.92. The van der Waals surface area contributed by atoms with E-state index in [1.54, 1.807) is 6.07 Å². The van der Waals surface area contributed by atoms with Crippen LogP contribution in [0, 0.1) is 0 Å². The van der Waals surface area contributed by atoms with Gasteiger partial charge in [0.1, 0.15) is 5.75 Å². The lowest BCUT2D eigenvalue weighted by molar-refractivity contribution is -0.119. The maximum Gasteiger partial charge on any atom is 0.235 e. The summed E-state index contributed by atoms with van der Waals surface area (Å²) in [6.45, 7) is 0. The van der Waals surface area contributed by atoms with Crippen molar-refractivity contribution >= 4 is 27.3 Å². The smallest absolute Gasteiger partial charge is 0.235 e. The van der Waals surface area contributed by atoms with Crippen LogP contribution in [0.3, 0.4) is 0 Å². The average molecular weight is 331 g/mol. The Morgan fingerprint density at radius 1 is 1.29 bits per heavy atom. The van der Waals surface area contributed by atoms with Crippen LogP contribution in [0.2, 0.25) is 5.02 Å². The number of sulfone groups is 1. The molecule has 1 amide bonds. The SMILES string of the molecule is O=C(CS(=O)(=O)c1ncccc1Cl)NC1CCCCCC1. The molecule has 1 fully saturated rings. The molecule has 2 rings (SSSR count). The molecule has 0 atom stereocenters. The number of halogens is 1. The van der Waals surface area contributed by atoms with Gasteiger partial charge in [-0.25, -0.2) is 13.4 Å². The summed E-state index contributed by atoms with van der Waals surface area (Å²) in [4.78, 5) is 15.7. The Hall–Kier alpha value is -1.14. The summed E-state index contributed by atoms with van der Waals surface area (Å²) in [7, 11) is -3.81. The molecule has 1 aromatic heterocycles. The normalized spacial score (nSPS) is 17.2. The van der Waals surface area contributed by atoms with E-state index in [2.05, 4.69) is 10.3 Å². The van der Waals surface area contributed by atoms with Gasteiger partial charge in [0.15, 0.2) is 5.03 Å². The van der Waals surface area contributed by atoms with Crippen molar-refractivity contribution in [1.82, 2.24) is 10.3 Å². The lowest BCUT2D eigenvalue weighted by Crippen LogP contribution is -2.38. The first-order valence-electron chi connectivity index (χ1n) is 7.12. The zero-order valence-corrected chi connectivity index (χ0v) is 13.3. The molecule has 1 aliphatic rings. The van der Waals surface area contributed by atoms with Crippen LogP contribution < -0.4 is 5.32 Å². The molecule has 0 bridgehead atoms. The second-order valence-corrected chi connectivity index (χ2v) is 7.62. The van der Waals surface area contributed by atoms with Gasteiger partial charge in [-0.3, -0.25) is 4.79 Å². The van der Waals surface area contributed by atoms with Crippen LogP contribution in [0.25, 0.3) is 0 Å². The van der Waals surface area contributed by atoms with Crippen LogP contribution in [-0.2, 0) is 14.6 Å². The van der Waals surface area contributed by atoms with Crippen molar-refractivity contribution in [1.29, 1.82) is 0 Å². The van der Waals surface area contributed by atoms with Gasteiger partial charge in [0, 0.05) is 12.2 Å². The predicted octanol–water partition coefficient (Wildman–Crippen LogP) is 2.35. The molecule has 7 heteroatoms. The van der Waals surface area contributed by atoms with Crippen LogP contribution in [0.4, 0.5) is 0 Å². The molecule has 1 heterocycles. The maximum absolute atomic E-state index is 12.2. The molecule has 0 aliphatic heterocycles. The number of amides is 1. The third-order valence-electron chi connectivity index (χ3n) is 3.56. The summed E-state index contributed by atoms with van der Waals surface area (Å²) in [6.07, 6.45) is 7.67. The van der Waals surface area contributed by atoms with Gasteiger partial charge in [-0.05, 0) is 25.0 Å². The van der Waals surface area contributed by atoms with Crippen molar-refractivity contribution in [2.45, 2.75) is 49.6 Å². The predicted molar refractivity (Wildman–Crippen MR) is 80.9 cm³/mol. The Morgan fingerprint density at radius 2 is 1.95 bits per heavy atom. The highest BCUT2D eigenvalue weighted by Gasteiger charge is 2.25. The number of hydrogen-bond acceptors (Lipinski definition) is 4. The fourth-order valence-corrected chi connectivity index (χ4v) is 4.16. The molecule has 5 nitrogen and oxygen atoms in total. The van der Waals surface area contributed by atoms with E-state index >= 15 is 0 Å². The zero-order valence-electron chi connectivity index (χ0n) is 11.7. The molecule has 0 aromatic carbocycles. The number of pyridine rings is 1. The molecular formula is C14H19ClN2O3S. The van der Waals surface area contributed by atoms with E-state index in [0.29, 0.717) is 0 Å². The molecule has 0 radical (unpaired) electrons. The largest absolute Gasteiger partial charge is 0.352 e. The third-order valence-corrected chi connectivity index (χ3v) is 5.53. The fourth-order valence-electron chi connectivity index (χ4n) is 2.53. The molecule has 1 aromatic rings. The quantitative estimate of drug-likeness (QED) is 0.860. The summed E-state index contributed by atoms with van der Waals surface area (Å²) in [6, 6.07) is 3.08. The van der Waals surface area contributed by atoms with Gasteiger partial charge in [-0.1, -0.05) is 37.3 Å². The summed E-state index contributed by atoms with van der Waals surface area (Å²) in [5.74, 6) is -1.09. The number of rotatable bonds is 4. The molecule has 1 aliphatic carbocycles. The number of carbonyl (C=O) groups excluding carboxylic acids is 1. The van der Waals surface area contributed by atoms with E-state index in [-0.39, 0.29) is 16.1 Å². The minimum absolute atomic E-state index is 0.0415. The highest BCUT2D eigenvalue weighted by atomic mass is 35.5. The highest BCUT2D eigenvalue weighted by Crippen LogP contribution is 2.20. The molecule has 1 saturated carbocycles. The first-order valence-corrected chi connectivity index (χ1v) is 9.15. The summed E-state index contributed by atoms with van der Waals surface area (Å²) in [5, 5.41) is 2.62. The Labute approximate surface area is 130 Å². The van der Waals surface area contributed by atoms with Gasteiger partial charge in [0.05, 0.1) is 5.02 Å².